The number of benzene rings is 4. The molecule has 0 heteroatoms. The van der Waals surface area contributed by atoms with E-state index in [1.807, 2.05) is 0 Å². The van der Waals surface area contributed by atoms with Crippen LogP contribution in [0.5, 0.6) is 0 Å². The lowest BCUT2D eigenvalue weighted by Gasteiger charge is -2.11. The number of fused-ring (bicyclic) bond motifs is 2. The third-order valence-corrected chi connectivity index (χ3v) is 3.19. The van der Waals surface area contributed by atoms with Crippen LogP contribution in [0.4, 0.5) is 0 Å². The summed E-state index contributed by atoms with van der Waals surface area (Å²) in [4.78, 5) is 0. The minimum Gasteiger partial charge on any atom is -0.0622 e. The lowest BCUT2D eigenvalue weighted by atomic mass is 9.92. The van der Waals surface area contributed by atoms with E-state index < -0.39 is 36.3 Å². The van der Waals surface area contributed by atoms with Crippen LogP contribution < -0.4 is 0 Å². The van der Waals surface area contributed by atoms with Gasteiger partial charge in [0.25, 0.3) is 0 Å². The Hall–Kier alpha value is -2.60. The molecule has 0 atom stereocenters. The van der Waals surface area contributed by atoms with Crippen LogP contribution in [0.1, 0.15) is 12.3 Å². The maximum absolute atomic E-state index is 8.61. The molecular weight excluding hydrogens is 240 g/mol. The molecule has 0 aliphatic heterocycles. The molecule has 0 spiro atoms. The minimum absolute atomic E-state index is 0.0626. The molecule has 0 amide bonds. The predicted octanol–water partition coefficient (Wildman–Crippen LogP) is 5.66. The molecule has 20 heavy (non-hydrogen) atoms. The van der Waals surface area contributed by atoms with Crippen molar-refractivity contribution in [2.45, 2.75) is 0 Å². The standard InChI is InChI=1S/C20H14/c1-2-8-15(9-3-1)20-18-12-6-4-10-16(18)14-17-11-5-7-13-19(17)20/h1-14H/i4D,5D,6D,7D,10D,11D,12D,13D,14D. The van der Waals surface area contributed by atoms with Gasteiger partial charge in [0.15, 0.2) is 0 Å². The third-order valence-electron chi connectivity index (χ3n) is 3.19. The second-order valence-electron chi connectivity index (χ2n) is 4.37. The average molecular weight is 263 g/mol. The van der Waals surface area contributed by atoms with Gasteiger partial charge in [0.2, 0.25) is 0 Å². The molecule has 0 radical (unpaired) electrons. The van der Waals surface area contributed by atoms with Crippen molar-refractivity contribution < 1.29 is 12.3 Å². The molecular formula is C20H14. The molecule has 4 rings (SSSR count). The van der Waals surface area contributed by atoms with Gasteiger partial charge in [0.1, 0.15) is 0 Å². The second kappa shape index (κ2) is 4.50. The Kier molecular flexibility index (Phi) is 1.22. The van der Waals surface area contributed by atoms with Crippen LogP contribution >= 0.6 is 0 Å². The monoisotopic (exact) mass is 263 g/mol. The van der Waals surface area contributed by atoms with Crippen LogP contribution in [0.25, 0.3) is 32.7 Å². The zero-order valence-electron chi connectivity index (χ0n) is 19.4. The Bertz CT molecular complexity index is 1250. The molecule has 0 N–H and O–H groups in total. The van der Waals surface area contributed by atoms with Crippen molar-refractivity contribution >= 4 is 21.5 Å². The Morgan fingerprint density at radius 3 is 1.80 bits per heavy atom. The first-order valence-corrected chi connectivity index (χ1v) is 6.16. The van der Waals surface area contributed by atoms with Crippen molar-refractivity contribution in [3.05, 3.63) is 84.7 Å². The van der Waals surface area contributed by atoms with E-state index in [0.29, 0.717) is 5.56 Å². The SMILES string of the molecule is [2H]c1c([2H])c([2H])c2c(-c3ccccc3)c3c([2H])c([2H])c([2H])c([2H])c3c([2H])c2c1[2H]. The van der Waals surface area contributed by atoms with Crippen molar-refractivity contribution in [1.82, 2.24) is 0 Å². The van der Waals surface area contributed by atoms with E-state index in [9.17, 15) is 0 Å². The van der Waals surface area contributed by atoms with E-state index in [-0.39, 0.29) is 45.2 Å². The maximum Gasteiger partial charge on any atom is 0.0636 e. The van der Waals surface area contributed by atoms with Crippen molar-refractivity contribution in [3.63, 3.8) is 0 Å². The third kappa shape index (κ3) is 1.70. The van der Waals surface area contributed by atoms with E-state index in [2.05, 4.69) is 0 Å². The van der Waals surface area contributed by atoms with Gasteiger partial charge in [-0.05, 0) is 38.7 Å². The first kappa shape index (κ1) is 5.41. The van der Waals surface area contributed by atoms with Gasteiger partial charge in [-0.1, -0.05) is 78.7 Å². The van der Waals surface area contributed by atoms with Gasteiger partial charge in [-0.15, -0.1) is 0 Å². The summed E-state index contributed by atoms with van der Waals surface area (Å²) in [5, 5.41) is 0.0224. The molecule has 0 nitrogen and oxygen atoms in total. The lowest BCUT2D eigenvalue weighted by Crippen LogP contribution is -1.84. The maximum atomic E-state index is 8.61. The first-order chi connectivity index (χ1) is 13.7. The molecule has 0 aliphatic carbocycles. The molecule has 0 fully saturated rings. The van der Waals surface area contributed by atoms with Crippen LogP contribution in [0.3, 0.4) is 0 Å². The highest BCUT2D eigenvalue weighted by Gasteiger charge is 2.08. The molecule has 4 aromatic rings. The van der Waals surface area contributed by atoms with Gasteiger partial charge >= 0.3 is 0 Å². The Balaban J connectivity index is 2.49. The largest absolute Gasteiger partial charge is 0.0636 e. The summed E-state index contributed by atoms with van der Waals surface area (Å²) in [6.45, 7) is 0. The molecule has 0 saturated carbocycles. The molecule has 0 saturated heterocycles. The fourth-order valence-corrected chi connectivity index (χ4v) is 2.33. The van der Waals surface area contributed by atoms with E-state index >= 15 is 0 Å². The Morgan fingerprint density at radius 1 is 0.650 bits per heavy atom. The molecule has 0 heterocycles. The topological polar surface area (TPSA) is 0 Å². The molecule has 0 bridgehead atoms. The normalized spacial score (nSPS) is 17.3. The first-order valence-electron chi connectivity index (χ1n) is 10.7. The smallest absolute Gasteiger partial charge is 0.0622 e. The van der Waals surface area contributed by atoms with Crippen molar-refractivity contribution in [3.8, 4) is 11.1 Å². The lowest BCUT2D eigenvalue weighted by molar-refractivity contribution is 1.67. The predicted molar refractivity (Wildman–Crippen MR) is 86.9 cm³/mol. The van der Waals surface area contributed by atoms with Gasteiger partial charge in [-0.2, -0.15) is 0 Å². The summed E-state index contributed by atoms with van der Waals surface area (Å²) in [5.41, 5.74) is 0.808. The highest BCUT2D eigenvalue weighted by molar-refractivity contribution is 6.12. The van der Waals surface area contributed by atoms with Crippen LogP contribution in [0.2, 0.25) is 0 Å². The van der Waals surface area contributed by atoms with Crippen molar-refractivity contribution in [1.29, 1.82) is 0 Å². The van der Waals surface area contributed by atoms with Crippen LogP contribution in [0.15, 0.2) is 84.7 Å². The molecule has 0 aromatic heterocycles. The van der Waals surface area contributed by atoms with Crippen molar-refractivity contribution in [2.24, 2.45) is 0 Å². The Labute approximate surface area is 130 Å². The van der Waals surface area contributed by atoms with Crippen molar-refractivity contribution in [2.75, 3.05) is 0 Å². The van der Waals surface area contributed by atoms with E-state index in [0.717, 1.165) is 0 Å². The zero-order chi connectivity index (χ0) is 21.2. The number of hydrogen-bond donors (Lipinski definition) is 0. The van der Waals surface area contributed by atoms with Crippen LogP contribution in [0, 0.1) is 0 Å². The van der Waals surface area contributed by atoms with E-state index in [1.165, 1.54) is 0 Å². The number of rotatable bonds is 1. The summed E-state index contributed by atoms with van der Waals surface area (Å²) in [6.07, 6.45) is 0. The van der Waals surface area contributed by atoms with Gasteiger partial charge < -0.3 is 0 Å². The fourth-order valence-electron chi connectivity index (χ4n) is 2.33. The zero-order valence-corrected chi connectivity index (χ0v) is 10.4. The van der Waals surface area contributed by atoms with Crippen LogP contribution in [-0.4, -0.2) is 0 Å². The Morgan fingerprint density at radius 2 is 1.20 bits per heavy atom. The summed E-state index contributed by atoms with van der Waals surface area (Å²) >= 11 is 0. The quantitative estimate of drug-likeness (QED) is 0.389. The van der Waals surface area contributed by atoms with E-state index in [4.69, 9.17) is 12.3 Å². The van der Waals surface area contributed by atoms with Crippen LogP contribution in [-0.2, 0) is 0 Å². The average Bonchev–Trinajstić information content (AvgIpc) is 2.72. The van der Waals surface area contributed by atoms with Gasteiger partial charge in [0.05, 0.1) is 12.3 Å². The molecule has 0 unspecified atom stereocenters. The fraction of sp³-hybridized carbons (Fsp3) is 0. The number of hydrogen-bond acceptors (Lipinski definition) is 0. The summed E-state index contributed by atoms with van der Waals surface area (Å²) in [5.74, 6) is 0. The summed E-state index contributed by atoms with van der Waals surface area (Å²) in [7, 11) is 0. The molecule has 4 aromatic carbocycles. The van der Waals surface area contributed by atoms with Gasteiger partial charge in [0, 0.05) is 0 Å². The highest BCUT2D eigenvalue weighted by atomic mass is 14.1. The summed E-state index contributed by atoms with van der Waals surface area (Å²) < 4.78 is 74.2. The second-order valence-corrected chi connectivity index (χ2v) is 4.37. The van der Waals surface area contributed by atoms with Gasteiger partial charge in [-0.25, -0.2) is 0 Å². The molecule has 0 aliphatic rings. The highest BCUT2D eigenvalue weighted by Crippen LogP contribution is 2.35. The van der Waals surface area contributed by atoms with E-state index in [1.54, 1.807) is 30.3 Å². The summed E-state index contributed by atoms with van der Waals surface area (Å²) in [6, 6.07) is 4.92. The minimum atomic E-state index is -0.491. The van der Waals surface area contributed by atoms with Gasteiger partial charge in [-0.3, -0.25) is 0 Å². The molecule has 94 valence electrons.